The Bertz CT molecular complexity index is 744. The number of carbonyl (C=O) groups is 1. The summed E-state index contributed by atoms with van der Waals surface area (Å²) in [5.74, 6) is -0.276. The van der Waals surface area contributed by atoms with Crippen LogP contribution in [-0.4, -0.2) is 16.0 Å². The quantitative estimate of drug-likeness (QED) is 0.747. The van der Waals surface area contributed by atoms with Crippen molar-refractivity contribution in [2.75, 3.05) is 0 Å². The molecule has 0 fully saturated rings. The van der Waals surface area contributed by atoms with E-state index in [4.69, 9.17) is 0 Å². The van der Waals surface area contributed by atoms with Gasteiger partial charge in [0.05, 0.1) is 11.1 Å². The zero-order valence-corrected chi connectivity index (χ0v) is 10.9. The van der Waals surface area contributed by atoms with Gasteiger partial charge in [-0.2, -0.15) is 18.3 Å². The van der Waals surface area contributed by atoms with Crippen molar-refractivity contribution in [3.63, 3.8) is 0 Å². The summed E-state index contributed by atoms with van der Waals surface area (Å²) in [5, 5.41) is 6.76. The van der Waals surface area contributed by atoms with Crippen LogP contribution in [0.1, 0.15) is 33.6 Å². The highest BCUT2D eigenvalue weighted by molar-refractivity contribution is 6.21. The summed E-state index contributed by atoms with van der Waals surface area (Å²) in [6, 6.07) is 3.13. The molecule has 3 nitrogen and oxygen atoms in total. The van der Waals surface area contributed by atoms with Crippen LogP contribution in [0.5, 0.6) is 0 Å². The Morgan fingerprint density at radius 2 is 2.05 bits per heavy atom. The second-order valence-corrected chi connectivity index (χ2v) is 4.84. The van der Waals surface area contributed by atoms with Gasteiger partial charge in [0.2, 0.25) is 0 Å². The average molecular weight is 292 g/mol. The van der Waals surface area contributed by atoms with Crippen molar-refractivity contribution < 1.29 is 18.0 Å². The highest BCUT2D eigenvalue weighted by atomic mass is 19.4. The number of H-pyrrole nitrogens is 1. The first kappa shape index (κ1) is 13.6. The number of aryl methyl sites for hydroxylation is 1. The largest absolute Gasteiger partial charge is 0.416 e. The van der Waals surface area contributed by atoms with Gasteiger partial charge >= 0.3 is 6.18 Å². The van der Waals surface area contributed by atoms with Crippen LogP contribution in [0.3, 0.4) is 0 Å². The first-order valence-electron chi connectivity index (χ1n) is 6.38. The van der Waals surface area contributed by atoms with E-state index in [1.807, 2.05) is 0 Å². The Morgan fingerprint density at radius 3 is 2.71 bits per heavy atom. The lowest BCUT2D eigenvalue weighted by atomic mass is 10.0. The smallest absolute Gasteiger partial charge is 0.288 e. The van der Waals surface area contributed by atoms with Crippen molar-refractivity contribution in [2.45, 2.75) is 19.0 Å². The maximum absolute atomic E-state index is 12.8. The number of nitrogens with one attached hydrogen (secondary N) is 1. The molecule has 0 radical (unpaired) electrons. The second kappa shape index (κ2) is 4.58. The molecule has 21 heavy (non-hydrogen) atoms. The third-order valence-corrected chi connectivity index (χ3v) is 3.51. The molecule has 0 spiro atoms. The maximum Gasteiger partial charge on any atom is 0.416 e. The minimum atomic E-state index is -4.44. The van der Waals surface area contributed by atoms with E-state index in [-0.39, 0.29) is 16.9 Å². The molecule has 0 atom stereocenters. The molecular weight excluding hydrogens is 281 g/mol. The number of alkyl halides is 3. The van der Waals surface area contributed by atoms with Gasteiger partial charge in [0.25, 0.3) is 0 Å². The number of aromatic amines is 1. The van der Waals surface area contributed by atoms with E-state index < -0.39 is 11.7 Å². The van der Waals surface area contributed by atoms with Crippen LogP contribution in [0, 0.1) is 0 Å². The lowest BCUT2D eigenvalue weighted by Gasteiger charge is -2.07. The van der Waals surface area contributed by atoms with Crippen molar-refractivity contribution in [3.8, 4) is 11.3 Å². The molecule has 1 heterocycles. The number of halogens is 3. The molecule has 3 rings (SSSR count). The Morgan fingerprint density at radius 1 is 1.29 bits per heavy atom. The van der Waals surface area contributed by atoms with Crippen molar-refractivity contribution in [1.29, 1.82) is 0 Å². The van der Waals surface area contributed by atoms with E-state index in [1.54, 1.807) is 6.08 Å². The first-order chi connectivity index (χ1) is 9.93. The Hall–Kier alpha value is -2.37. The predicted molar refractivity (Wildman–Crippen MR) is 71.0 cm³/mol. The summed E-state index contributed by atoms with van der Waals surface area (Å²) >= 11 is 0. The van der Waals surface area contributed by atoms with Crippen molar-refractivity contribution in [3.05, 3.63) is 53.2 Å². The van der Waals surface area contributed by atoms with Gasteiger partial charge in [0.15, 0.2) is 5.78 Å². The number of hydrogen-bond donors (Lipinski definition) is 1. The van der Waals surface area contributed by atoms with E-state index in [0.717, 1.165) is 12.1 Å². The van der Waals surface area contributed by atoms with Crippen LogP contribution in [0.25, 0.3) is 11.3 Å². The van der Waals surface area contributed by atoms with Gasteiger partial charge in [0.1, 0.15) is 5.69 Å². The van der Waals surface area contributed by atoms with Crippen LogP contribution in [0.4, 0.5) is 13.2 Å². The second-order valence-electron chi connectivity index (χ2n) is 4.84. The molecule has 0 aliphatic heterocycles. The summed E-state index contributed by atoms with van der Waals surface area (Å²) < 4.78 is 38.3. The van der Waals surface area contributed by atoms with Crippen LogP contribution < -0.4 is 0 Å². The molecule has 1 N–H and O–H groups in total. The van der Waals surface area contributed by atoms with Gasteiger partial charge in [-0.15, -0.1) is 6.58 Å². The van der Waals surface area contributed by atoms with Gasteiger partial charge in [-0.3, -0.25) is 9.89 Å². The Kier molecular flexibility index (Phi) is 2.97. The van der Waals surface area contributed by atoms with Gasteiger partial charge < -0.3 is 0 Å². The topological polar surface area (TPSA) is 45.8 Å². The Balaban J connectivity index is 2.11. The summed E-state index contributed by atoms with van der Waals surface area (Å²) in [4.78, 5) is 12.3. The van der Waals surface area contributed by atoms with Crippen LogP contribution in [-0.2, 0) is 12.6 Å². The van der Waals surface area contributed by atoms with Gasteiger partial charge in [-0.25, -0.2) is 0 Å². The van der Waals surface area contributed by atoms with Crippen LogP contribution in [0.15, 0.2) is 30.9 Å². The number of benzene rings is 1. The van der Waals surface area contributed by atoms with Crippen molar-refractivity contribution >= 4 is 5.78 Å². The number of ketones is 1. The number of carbonyl (C=O) groups excluding carboxylic acids is 1. The average Bonchev–Trinajstić information content (AvgIpc) is 2.96. The maximum atomic E-state index is 12.8. The first-order valence-corrected chi connectivity index (χ1v) is 6.38. The van der Waals surface area contributed by atoms with Crippen LogP contribution >= 0.6 is 0 Å². The lowest BCUT2D eigenvalue weighted by Crippen LogP contribution is -2.06. The molecular formula is C15H11F3N2O. The molecule has 0 saturated carbocycles. The number of fused-ring (bicyclic) bond motifs is 3. The summed E-state index contributed by atoms with van der Waals surface area (Å²) in [7, 11) is 0. The molecule has 0 unspecified atom stereocenters. The lowest BCUT2D eigenvalue weighted by molar-refractivity contribution is -0.137. The fourth-order valence-corrected chi connectivity index (χ4v) is 2.49. The van der Waals surface area contributed by atoms with E-state index in [2.05, 4.69) is 16.8 Å². The molecule has 1 aromatic heterocycles. The molecule has 0 bridgehead atoms. The molecule has 1 aromatic carbocycles. The summed E-state index contributed by atoms with van der Waals surface area (Å²) in [6.45, 7) is 3.61. The molecule has 108 valence electrons. The number of rotatable bonds is 3. The van der Waals surface area contributed by atoms with Crippen molar-refractivity contribution in [1.82, 2.24) is 10.2 Å². The fraction of sp³-hybridized carbons (Fsp3) is 0.200. The van der Waals surface area contributed by atoms with Crippen molar-refractivity contribution in [2.24, 2.45) is 0 Å². The molecule has 1 aliphatic carbocycles. The highest BCUT2D eigenvalue weighted by Crippen LogP contribution is 2.40. The molecule has 1 aliphatic rings. The summed E-state index contributed by atoms with van der Waals surface area (Å²) in [5.41, 5.74) is 1.06. The fourth-order valence-electron chi connectivity index (χ4n) is 2.49. The van der Waals surface area contributed by atoms with E-state index >= 15 is 0 Å². The number of aromatic nitrogens is 2. The van der Waals surface area contributed by atoms with Gasteiger partial charge in [0, 0.05) is 16.8 Å². The third kappa shape index (κ3) is 2.07. The number of hydrogen-bond acceptors (Lipinski definition) is 2. The predicted octanol–water partition coefficient (Wildman–Crippen LogP) is 3.76. The van der Waals surface area contributed by atoms with Gasteiger partial charge in [-0.05, 0) is 31.0 Å². The standard InChI is InChI=1S/C15H11F3N2O/c1-2-3-4-11-12-13(20-19-11)10-7-8(15(16,17)18)5-6-9(10)14(12)21/h2,5-7H,1,3-4H2,(H,19,20). The molecule has 2 aromatic rings. The molecule has 0 amide bonds. The van der Waals surface area contributed by atoms with Crippen LogP contribution in [0.2, 0.25) is 0 Å². The SMILES string of the molecule is C=CCCc1[nH]nc2c1C(=O)c1ccc(C(F)(F)F)cc1-2. The normalized spacial score (nSPS) is 13.2. The van der Waals surface area contributed by atoms with E-state index in [0.29, 0.717) is 29.8 Å². The minimum absolute atomic E-state index is 0.242. The molecule has 6 heteroatoms. The van der Waals surface area contributed by atoms with Gasteiger partial charge in [-0.1, -0.05) is 6.08 Å². The zero-order valence-electron chi connectivity index (χ0n) is 10.9. The summed E-state index contributed by atoms with van der Waals surface area (Å²) in [6.07, 6.45) is -1.52. The molecule has 0 saturated heterocycles. The highest BCUT2D eigenvalue weighted by Gasteiger charge is 2.36. The minimum Gasteiger partial charge on any atom is -0.288 e. The zero-order chi connectivity index (χ0) is 15.2. The third-order valence-electron chi connectivity index (χ3n) is 3.51. The van der Waals surface area contributed by atoms with E-state index in [9.17, 15) is 18.0 Å². The van der Waals surface area contributed by atoms with E-state index in [1.165, 1.54) is 6.07 Å². The monoisotopic (exact) mass is 292 g/mol. The number of allylic oxidation sites excluding steroid dienone is 1. The Labute approximate surface area is 118 Å². The number of nitrogens with zero attached hydrogens (tertiary/aromatic N) is 1.